The van der Waals surface area contributed by atoms with Crippen molar-refractivity contribution in [3.8, 4) is 11.4 Å². The molecule has 0 unspecified atom stereocenters. The number of ether oxygens (including phenoxy) is 1. The molecule has 4 aromatic rings. The smallest absolute Gasteiger partial charge is 0.145 e. The van der Waals surface area contributed by atoms with E-state index in [0.29, 0.717) is 0 Å². The van der Waals surface area contributed by atoms with Crippen LogP contribution in [-0.2, 0) is 6.42 Å². The van der Waals surface area contributed by atoms with Crippen molar-refractivity contribution in [2.75, 3.05) is 7.11 Å². The highest BCUT2D eigenvalue weighted by Crippen LogP contribution is 2.32. The first-order chi connectivity index (χ1) is 12.2. The molecule has 0 radical (unpaired) electrons. The van der Waals surface area contributed by atoms with E-state index in [0.717, 1.165) is 51.8 Å². The zero-order valence-electron chi connectivity index (χ0n) is 14.8. The number of fused-ring (bicyclic) bond motifs is 3. The molecule has 4 heteroatoms. The first-order valence-corrected chi connectivity index (χ1v) is 8.63. The highest BCUT2D eigenvalue weighted by Gasteiger charge is 2.16. The summed E-state index contributed by atoms with van der Waals surface area (Å²) in [4.78, 5) is 4.67. The van der Waals surface area contributed by atoms with Gasteiger partial charge in [-0.25, -0.2) is 4.68 Å². The van der Waals surface area contributed by atoms with Gasteiger partial charge in [-0.2, -0.15) is 5.10 Å². The predicted molar refractivity (Wildman–Crippen MR) is 102 cm³/mol. The maximum absolute atomic E-state index is 5.50. The average Bonchev–Trinajstić information content (AvgIpc) is 3.01. The van der Waals surface area contributed by atoms with Crippen LogP contribution in [-0.4, -0.2) is 21.9 Å². The molecule has 126 valence electrons. The van der Waals surface area contributed by atoms with Gasteiger partial charge in [0.2, 0.25) is 0 Å². The van der Waals surface area contributed by atoms with E-state index >= 15 is 0 Å². The first kappa shape index (κ1) is 15.6. The number of pyridine rings is 1. The van der Waals surface area contributed by atoms with Crippen LogP contribution in [0.4, 0.5) is 0 Å². The molecule has 0 amide bonds. The van der Waals surface area contributed by atoms with Crippen LogP contribution in [0, 0.1) is 6.92 Å². The molecular formula is C21H21N3O. The maximum Gasteiger partial charge on any atom is 0.145 e. The van der Waals surface area contributed by atoms with Crippen LogP contribution in [0.3, 0.4) is 0 Å². The van der Waals surface area contributed by atoms with Gasteiger partial charge in [-0.1, -0.05) is 43.2 Å². The molecule has 4 rings (SSSR count). The molecular weight excluding hydrogens is 310 g/mol. The minimum atomic E-state index is 0.785. The number of para-hydroxylation sites is 1. The van der Waals surface area contributed by atoms with Gasteiger partial charge in [0, 0.05) is 17.0 Å². The van der Waals surface area contributed by atoms with E-state index in [1.165, 1.54) is 5.56 Å². The zero-order valence-corrected chi connectivity index (χ0v) is 14.8. The summed E-state index contributed by atoms with van der Waals surface area (Å²) in [7, 11) is 1.68. The van der Waals surface area contributed by atoms with Crippen molar-refractivity contribution in [3.05, 3.63) is 59.9 Å². The lowest BCUT2D eigenvalue weighted by Crippen LogP contribution is -1.98. The molecule has 25 heavy (non-hydrogen) atoms. The fourth-order valence-corrected chi connectivity index (χ4v) is 3.30. The van der Waals surface area contributed by atoms with E-state index in [1.54, 1.807) is 7.11 Å². The van der Waals surface area contributed by atoms with Gasteiger partial charge in [0.25, 0.3) is 0 Å². The van der Waals surface area contributed by atoms with Gasteiger partial charge >= 0.3 is 0 Å². The monoisotopic (exact) mass is 331 g/mol. The Morgan fingerprint density at radius 3 is 2.56 bits per heavy atom. The molecule has 0 fully saturated rings. The summed E-state index contributed by atoms with van der Waals surface area (Å²) >= 11 is 0. The molecule has 0 N–H and O–H groups in total. The highest BCUT2D eigenvalue weighted by atomic mass is 16.5. The second kappa shape index (κ2) is 6.20. The number of hydrogen-bond donors (Lipinski definition) is 0. The summed E-state index contributed by atoms with van der Waals surface area (Å²) < 4.78 is 7.54. The van der Waals surface area contributed by atoms with Crippen LogP contribution in [0.15, 0.2) is 48.7 Å². The third-order valence-electron chi connectivity index (χ3n) is 4.56. The van der Waals surface area contributed by atoms with Crippen LogP contribution in [0.2, 0.25) is 0 Å². The first-order valence-electron chi connectivity index (χ1n) is 8.63. The molecule has 0 aliphatic carbocycles. The minimum absolute atomic E-state index is 0.785. The third kappa shape index (κ3) is 2.54. The lowest BCUT2D eigenvalue weighted by atomic mass is 10.1. The summed E-state index contributed by atoms with van der Waals surface area (Å²) in [6.07, 6.45) is 3.92. The van der Waals surface area contributed by atoms with Crippen LogP contribution >= 0.6 is 0 Å². The predicted octanol–water partition coefficient (Wildman–Crippen LogP) is 4.84. The van der Waals surface area contributed by atoms with E-state index < -0.39 is 0 Å². The Morgan fingerprint density at radius 2 is 1.84 bits per heavy atom. The molecule has 2 heterocycles. The summed E-state index contributed by atoms with van der Waals surface area (Å²) in [5, 5.41) is 7.10. The lowest BCUT2D eigenvalue weighted by Gasteiger charge is -2.08. The molecule has 0 spiro atoms. The molecule has 0 aliphatic rings. The van der Waals surface area contributed by atoms with E-state index in [4.69, 9.17) is 9.84 Å². The van der Waals surface area contributed by atoms with E-state index in [2.05, 4.69) is 49.2 Å². The van der Waals surface area contributed by atoms with Gasteiger partial charge in [-0.05, 0) is 31.5 Å². The van der Waals surface area contributed by atoms with Gasteiger partial charge in [-0.15, -0.1) is 0 Å². The number of nitrogens with zero attached hydrogens (tertiary/aromatic N) is 3. The third-order valence-corrected chi connectivity index (χ3v) is 4.56. The summed E-state index contributed by atoms with van der Waals surface area (Å²) in [5.41, 5.74) is 5.36. The number of rotatable bonds is 4. The van der Waals surface area contributed by atoms with E-state index in [1.807, 2.05) is 23.0 Å². The number of aryl methyl sites for hydroxylation is 2. The van der Waals surface area contributed by atoms with Crippen LogP contribution < -0.4 is 4.74 Å². The highest BCUT2D eigenvalue weighted by molar-refractivity contribution is 6.06. The second-order valence-corrected chi connectivity index (χ2v) is 6.32. The summed E-state index contributed by atoms with van der Waals surface area (Å²) in [6.45, 7) is 4.27. The van der Waals surface area contributed by atoms with Crippen molar-refractivity contribution in [3.63, 3.8) is 0 Å². The Morgan fingerprint density at radius 1 is 1.04 bits per heavy atom. The molecule has 4 nitrogen and oxygen atoms in total. The largest absolute Gasteiger partial charge is 0.494 e. The van der Waals surface area contributed by atoms with Gasteiger partial charge < -0.3 is 4.74 Å². The van der Waals surface area contributed by atoms with Crippen molar-refractivity contribution in [2.45, 2.75) is 26.7 Å². The lowest BCUT2D eigenvalue weighted by molar-refractivity contribution is 0.419. The van der Waals surface area contributed by atoms with Crippen molar-refractivity contribution in [1.29, 1.82) is 0 Å². The average molecular weight is 331 g/mol. The summed E-state index contributed by atoms with van der Waals surface area (Å²) in [5.74, 6) is 0.785. The zero-order chi connectivity index (χ0) is 17.4. The standard InChI is InChI=1S/C21H21N3O/c1-4-6-18-17-13-22-20-16(7-5-8-19(20)25-3)21(17)24(23-18)15-11-9-14(2)10-12-15/h5,7-13H,4,6H2,1-3H3. The Hall–Kier alpha value is -2.88. The minimum Gasteiger partial charge on any atom is -0.494 e. The fourth-order valence-electron chi connectivity index (χ4n) is 3.30. The topological polar surface area (TPSA) is 39.9 Å². The van der Waals surface area contributed by atoms with Crippen molar-refractivity contribution in [2.24, 2.45) is 0 Å². The van der Waals surface area contributed by atoms with Crippen molar-refractivity contribution >= 4 is 21.8 Å². The quantitative estimate of drug-likeness (QED) is 0.537. The Labute approximate surface area is 147 Å². The number of aromatic nitrogens is 3. The van der Waals surface area contributed by atoms with E-state index in [-0.39, 0.29) is 0 Å². The van der Waals surface area contributed by atoms with Crippen molar-refractivity contribution in [1.82, 2.24) is 14.8 Å². The molecule has 0 bridgehead atoms. The summed E-state index contributed by atoms with van der Waals surface area (Å²) in [6, 6.07) is 14.5. The van der Waals surface area contributed by atoms with Crippen molar-refractivity contribution < 1.29 is 4.74 Å². The number of hydrogen-bond acceptors (Lipinski definition) is 3. The second-order valence-electron chi connectivity index (χ2n) is 6.32. The number of benzene rings is 2. The Balaban J connectivity index is 2.10. The molecule has 0 saturated heterocycles. The van der Waals surface area contributed by atoms with Crippen LogP contribution in [0.25, 0.3) is 27.5 Å². The van der Waals surface area contributed by atoms with Gasteiger partial charge in [0.1, 0.15) is 11.3 Å². The van der Waals surface area contributed by atoms with Crippen LogP contribution in [0.5, 0.6) is 5.75 Å². The Bertz CT molecular complexity index is 1050. The normalized spacial score (nSPS) is 11.3. The Kier molecular flexibility index (Phi) is 3.88. The molecule has 0 aliphatic heterocycles. The van der Waals surface area contributed by atoms with Gasteiger partial charge in [-0.3, -0.25) is 4.98 Å². The van der Waals surface area contributed by atoms with E-state index in [9.17, 15) is 0 Å². The maximum atomic E-state index is 5.50. The number of methoxy groups -OCH3 is 1. The molecule has 2 aromatic carbocycles. The SMILES string of the molecule is CCCc1nn(-c2ccc(C)cc2)c2c1cnc1c(OC)cccc12. The van der Waals surface area contributed by atoms with Gasteiger partial charge in [0.15, 0.2) is 0 Å². The molecule has 2 aromatic heterocycles. The fraction of sp³-hybridized carbons (Fsp3) is 0.238. The molecule has 0 atom stereocenters. The van der Waals surface area contributed by atoms with Gasteiger partial charge in [0.05, 0.1) is 24.0 Å². The van der Waals surface area contributed by atoms with Crippen LogP contribution in [0.1, 0.15) is 24.6 Å². The molecule has 0 saturated carbocycles.